The van der Waals surface area contributed by atoms with Crippen molar-refractivity contribution in [2.24, 2.45) is 17.2 Å². The van der Waals surface area contributed by atoms with E-state index in [0.29, 0.717) is 6.42 Å². The third-order valence-electron chi connectivity index (χ3n) is 11.2. The van der Waals surface area contributed by atoms with Gasteiger partial charge in [0.05, 0.1) is 45.3 Å². The van der Waals surface area contributed by atoms with E-state index in [2.05, 4.69) is 26.6 Å². The zero-order valence-corrected chi connectivity index (χ0v) is 43.3. The molecule has 81 heavy (non-hydrogen) atoms. The van der Waals surface area contributed by atoms with E-state index < -0.39 is 195 Å². The first-order valence-electron chi connectivity index (χ1n) is 24.6. The molecule has 9 atom stereocenters. The van der Waals surface area contributed by atoms with Crippen LogP contribution < -0.4 is 65.1 Å². The molecule has 1 aromatic carbocycles. The van der Waals surface area contributed by atoms with E-state index >= 15 is 0 Å². The second-order valence-electron chi connectivity index (χ2n) is 17.8. The van der Waals surface area contributed by atoms with Crippen LogP contribution in [-0.2, 0) is 78.3 Å². The number of aliphatic hydroxyl groups excluding tert-OH is 1. The van der Waals surface area contributed by atoms with Gasteiger partial charge >= 0.3 is 35.8 Å². The highest BCUT2D eigenvalue weighted by molar-refractivity contribution is 6.01. The first-order valence-corrected chi connectivity index (χ1v) is 24.6. The summed E-state index contributed by atoms with van der Waals surface area (Å²) >= 11 is 0. The summed E-state index contributed by atoms with van der Waals surface area (Å²) < 4.78 is 0. The summed E-state index contributed by atoms with van der Waals surface area (Å²) in [6.45, 7) is -1.47. The van der Waals surface area contributed by atoms with E-state index in [-0.39, 0.29) is 56.5 Å². The second kappa shape index (κ2) is 36.2. The van der Waals surface area contributed by atoms with Gasteiger partial charge in [-0.15, -0.1) is 0 Å². The molecular weight excluding hydrogens is 1090 g/mol. The molecule has 0 aliphatic heterocycles. The summed E-state index contributed by atoms with van der Waals surface area (Å²) in [6, 6.07) is -12.5. The van der Waals surface area contributed by atoms with Gasteiger partial charge in [0.15, 0.2) is 0 Å². The number of hydrogen-bond donors (Lipinski definition) is 20. The van der Waals surface area contributed by atoms with Gasteiger partial charge in [0.2, 0.25) is 53.2 Å². The molecule has 0 aliphatic rings. The van der Waals surface area contributed by atoms with Gasteiger partial charge in [-0.25, -0.2) is 4.79 Å². The number of carboxylic acid groups (broad SMARTS) is 6. The van der Waals surface area contributed by atoms with Gasteiger partial charge in [0, 0.05) is 6.42 Å². The molecule has 35 heteroatoms. The summed E-state index contributed by atoms with van der Waals surface area (Å²) in [4.78, 5) is 191. The minimum Gasteiger partial charge on any atom is -0.508 e. The molecule has 0 saturated carbocycles. The number of phenolic OH excluding ortho intramolecular Hbond substituents is 1. The molecule has 0 spiro atoms. The lowest BCUT2D eigenvalue weighted by Crippen LogP contribution is -2.61. The molecular formula is C46H68N12O23. The lowest BCUT2D eigenvalue weighted by Gasteiger charge is -2.27. The second-order valence-corrected chi connectivity index (χ2v) is 17.8. The number of rotatable bonds is 40. The van der Waals surface area contributed by atoms with Gasteiger partial charge in [-0.3, -0.25) is 67.1 Å². The van der Waals surface area contributed by atoms with Crippen LogP contribution in [0.25, 0.3) is 0 Å². The summed E-state index contributed by atoms with van der Waals surface area (Å²) in [6.07, 6.45) is -6.58. The number of hydrogen-bond acceptors (Lipinski definition) is 20. The van der Waals surface area contributed by atoms with Crippen LogP contribution in [-0.4, -0.2) is 210 Å². The Morgan fingerprint density at radius 3 is 1.06 bits per heavy atom. The number of aliphatic carboxylic acids is 6. The Morgan fingerprint density at radius 2 is 0.716 bits per heavy atom. The van der Waals surface area contributed by atoms with Gasteiger partial charge in [0.25, 0.3) is 0 Å². The molecule has 9 amide bonds. The van der Waals surface area contributed by atoms with Crippen LogP contribution in [0.3, 0.4) is 0 Å². The average Bonchev–Trinajstić information content (AvgIpc) is 3.40. The van der Waals surface area contributed by atoms with Crippen molar-refractivity contribution in [3.05, 3.63) is 29.8 Å². The smallest absolute Gasteiger partial charge is 0.326 e. The quantitative estimate of drug-likeness (QED) is 0.0271. The van der Waals surface area contributed by atoms with Crippen molar-refractivity contribution >= 4 is 89.0 Å². The van der Waals surface area contributed by atoms with Crippen molar-refractivity contribution in [1.29, 1.82) is 0 Å². The molecule has 0 radical (unpaired) electrons. The highest BCUT2D eigenvalue weighted by Gasteiger charge is 2.37. The fraction of sp³-hybridized carbons (Fsp3) is 0.543. The van der Waals surface area contributed by atoms with Gasteiger partial charge in [-0.2, -0.15) is 0 Å². The molecule has 0 heterocycles. The van der Waals surface area contributed by atoms with Crippen molar-refractivity contribution in [2.75, 3.05) is 26.2 Å². The van der Waals surface area contributed by atoms with Gasteiger partial charge in [-0.05, 0) is 69.3 Å². The van der Waals surface area contributed by atoms with Gasteiger partial charge in [0.1, 0.15) is 60.1 Å². The predicted molar refractivity (Wildman–Crippen MR) is 270 cm³/mol. The fourth-order valence-corrected chi connectivity index (χ4v) is 7.04. The number of unbranched alkanes of at least 4 members (excludes halogenated alkanes) is 2. The predicted octanol–water partition coefficient (Wildman–Crippen LogP) is -8.04. The first kappa shape index (κ1) is 69.9. The highest BCUT2D eigenvalue weighted by Crippen LogP contribution is 2.13. The van der Waals surface area contributed by atoms with E-state index in [9.17, 15) is 108 Å². The Morgan fingerprint density at radius 1 is 0.407 bits per heavy atom. The average molecular weight is 1160 g/mol. The number of aliphatic hydroxyl groups is 1. The van der Waals surface area contributed by atoms with E-state index in [1.54, 1.807) is 0 Å². The maximum Gasteiger partial charge on any atom is 0.326 e. The van der Waals surface area contributed by atoms with Crippen LogP contribution in [0.5, 0.6) is 5.75 Å². The van der Waals surface area contributed by atoms with Crippen molar-refractivity contribution in [2.45, 2.75) is 131 Å². The molecule has 23 N–H and O–H groups in total. The molecule has 35 nitrogen and oxygen atoms in total. The van der Waals surface area contributed by atoms with Crippen LogP contribution in [0.15, 0.2) is 24.3 Å². The number of phenols is 1. The number of nitrogens with two attached hydrogens (primary N) is 3. The number of amides is 9. The number of carbonyl (C=O) groups is 15. The van der Waals surface area contributed by atoms with Crippen molar-refractivity contribution in [3.8, 4) is 5.75 Å². The summed E-state index contributed by atoms with van der Waals surface area (Å²) in [7, 11) is 0. The summed E-state index contributed by atoms with van der Waals surface area (Å²) in [5, 5.41) is 94.9. The van der Waals surface area contributed by atoms with Gasteiger partial charge in [-0.1, -0.05) is 12.1 Å². The number of carboxylic acids is 6. The first-order chi connectivity index (χ1) is 38.0. The Bertz CT molecular complexity index is 2430. The van der Waals surface area contributed by atoms with E-state index in [0.717, 1.165) is 0 Å². The monoisotopic (exact) mass is 1160 g/mol. The third kappa shape index (κ3) is 27.9. The molecule has 1 aromatic rings. The van der Waals surface area contributed by atoms with Crippen molar-refractivity contribution in [1.82, 2.24) is 47.9 Å². The largest absolute Gasteiger partial charge is 0.508 e. The summed E-state index contributed by atoms with van der Waals surface area (Å²) in [5.41, 5.74) is 16.7. The van der Waals surface area contributed by atoms with E-state index in [4.69, 9.17) is 22.3 Å². The molecule has 0 aliphatic carbocycles. The van der Waals surface area contributed by atoms with Crippen LogP contribution in [0, 0.1) is 0 Å². The molecule has 450 valence electrons. The summed E-state index contributed by atoms with van der Waals surface area (Å²) in [5.74, 6) is -22.7. The Kier molecular flexibility index (Phi) is 31.2. The zero-order chi connectivity index (χ0) is 61.5. The van der Waals surface area contributed by atoms with Crippen LogP contribution >= 0.6 is 0 Å². The van der Waals surface area contributed by atoms with Crippen molar-refractivity contribution in [3.63, 3.8) is 0 Å². The minimum atomic E-state index is -2.34. The van der Waals surface area contributed by atoms with E-state index in [1.807, 2.05) is 21.3 Å². The Labute approximate surface area is 459 Å². The number of nitrogens with one attached hydrogen (secondary N) is 9. The zero-order valence-electron chi connectivity index (χ0n) is 43.3. The normalized spacial score (nSPS) is 14.1. The topological polar surface area (TPSA) is 604 Å². The molecule has 0 aromatic heterocycles. The molecule has 0 bridgehead atoms. The number of benzene rings is 1. The number of aromatic hydroxyl groups is 1. The maximum atomic E-state index is 14.1. The number of carbonyl (C=O) groups excluding carboxylic acids is 9. The SMILES string of the molecule is NCCCC[C@H](NC(=O)[C@H](CC(=O)O)NC(=O)[C@H](CC(=O)O)NC(=O)[C@H](CC(=O)O)NC(=O)[C@H](CC(=O)O)NC(=O)[C@H](CCCCN)NC(=O)[C@H](Cc1ccc(O)cc1)NC(=O)[C@H](CC(=O)O)NC(=O)CNC(=O)[C@@H](N)CO)C(=O)O. The van der Waals surface area contributed by atoms with E-state index in [1.165, 1.54) is 24.3 Å². The fourth-order valence-electron chi connectivity index (χ4n) is 7.04. The highest BCUT2D eigenvalue weighted by atomic mass is 16.4. The standard InChI is InChI=1S/C46H68N12O23/c47-11-3-1-5-24(52-40(74)26(13-21-7-9-22(60)10-8-21)54-41(75)27(14-33(62)63)51-32(61)19-50-38(72)23(49)20-59)39(73)55-29(16-35(66)67)43(77)57-31(18-37(70)71)45(79)58-30(17-36(68)69)44(78)56-28(15-34(64)65)42(76)53-25(46(80)81)6-2-4-12-48/h7-10,23-31,59-60H,1-6,11-20,47-49H2,(H,50,72)(H,51,61)(H,52,74)(H,53,76)(H,54,75)(H,55,73)(H,56,78)(H,57,77)(H,58,79)(H,62,63)(H,64,65)(H,66,67)(H,68,69)(H,70,71)(H,80,81)/t23-,24-,25-,26-,27-,28-,29-,30-,31-/m0/s1. The van der Waals surface area contributed by atoms with Crippen LogP contribution in [0.1, 0.15) is 76.2 Å². The van der Waals surface area contributed by atoms with Crippen molar-refractivity contribution < 1.29 is 113 Å². The molecule has 0 saturated heterocycles. The molecule has 0 unspecified atom stereocenters. The van der Waals surface area contributed by atoms with Gasteiger partial charge < -0.3 is 106 Å². The van der Waals surface area contributed by atoms with Crippen LogP contribution in [0.4, 0.5) is 0 Å². The Balaban J connectivity index is 3.60. The Hall–Kier alpha value is -9.09. The lowest BCUT2D eigenvalue weighted by molar-refractivity contribution is -0.145. The molecule has 0 fully saturated rings. The molecule has 1 rings (SSSR count). The van der Waals surface area contributed by atoms with Crippen LogP contribution in [0.2, 0.25) is 0 Å². The minimum absolute atomic E-state index is 0.0317. The maximum absolute atomic E-state index is 14.1. The lowest BCUT2D eigenvalue weighted by atomic mass is 10.0. The third-order valence-corrected chi connectivity index (χ3v) is 11.2.